The fraction of sp³-hybridized carbons (Fsp3) is 0.333. The zero-order valence-electron chi connectivity index (χ0n) is 13.8. The van der Waals surface area contributed by atoms with E-state index in [1.165, 1.54) is 17.5 Å². The van der Waals surface area contributed by atoms with E-state index in [0.29, 0.717) is 23.7 Å². The Morgan fingerprint density at radius 3 is 2.77 bits per heavy atom. The van der Waals surface area contributed by atoms with Crippen LogP contribution in [0.5, 0.6) is 0 Å². The van der Waals surface area contributed by atoms with Gasteiger partial charge in [-0.15, -0.1) is 0 Å². The average molecular weight is 381 g/mol. The molecule has 0 saturated carbocycles. The quantitative estimate of drug-likeness (QED) is 0.747. The molecule has 0 spiro atoms. The van der Waals surface area contributed by atoms with Gasteiger partial charge in [0.25, 0.3) is 0 Å². The molecule has 26 heavy (non-hydrogen) atoms. The molecule has 1 aliphatic rings. The first-order chi connectivity index (χ1) is 12.4. The third kappa shape index (κ3) is 3.17. The van der Waals surface area contributed by atoms with E-state index in [2.05, 4.69) is 19.9 Å². The lowest BCUT2D eigenvalue weighted by atomic mass is 10.1. The van der Waals surface area contributed by atoms with Crippen molar-refractivity contribution in [1.29, 1.82) is 0 Å². The van der Waals surface area contributed by atoms with Crippen LogP contribution in [0.2, 0.25) is 5.02 Å². The van der Waals surface area contributed by atoms with Crippen molar-refractivity contribution in [1.82, 2.24) is 19.9 Å². The maximum atomic E-state index is 12.6. The monoisotopic (exact) mass is 380 g/mol. The van der Waals surface area contributed by atoms with Crippen LogP contribution in [0.15, 0.2) is 30.6 Å². The van der Waals surface area contributed by atoms with E-state index in [-0.39, 0.29) is 0 Å². The van der Waals surface area contributed by atoms with E-state index in [4.69, 9.17) is 11.6 Å². The van der Waals surface area contributed by atoms with E-state index >= 15 is 0 Å². The van der Waals surface area contributed by atoms with E-state index in [0.717, 1.165) is 36.6 Å². The number of fused-ring (bicyclic) bond motifs is 3. The molecule has 0 amide bonds. The van der Waals surface area contributed by atoms with Gasteiger partial charge in [-0.05, 0) is 23.8 Å². The van der Waals surface area contributed by atoms with Crippen LogP contribution >= 0.6 is 11.6 Å². The largest absolute Gasteiger partial charge is 0.434 e. The van der Waals surface area contributed by atoms with E-state index < -0.39 is 11.9 Å². The second-order valence-corrected chi connectivity index (χ2v) is 6.74. The maximum absolute atomic E-state index is 12.6. The predicted molar refractivity (Wildman–Crippen MR) is 93.1 cm³/mol. The summed E-state index contributed by atoms with van der Waals surface area (Å²) in [6.45, 7) is 2.32. The highest BCUT2D eigenvalue weighted by molar-refractivity contribution is 6.31. The van der Waals surface area contributed by atoms with Crippen molar-refractivity contribution in [2.24, 2.45) is 0 Å². The minimum Gasteiger partial charge on any atom is -0.344 e. The number of nitrogens with zero attached hydrogens (tertiary/aromatic N) is 3. The zero-order chi connectivity index (χ0) is 18.3. The summed E-state index contributed by atoms with van der Waals surface area (Å²) < 4.78 is 40.0. The van der Waals surface area contributed by atoms with Crippen LogP contribution in [0.25, 0.3) is 10.9 Å². The van der Waals surface area contributed by atoms with Crippen LogP contribution in [0.4, 0.5) is 13.2 Å². The van der Waals surface area contributed by atoms with Crippen molar-refractivity contribution < 1.29 is 13.2 Å². The Kier molecular flexibility index (Phi) is 4.36. The zero-order valence-corrected chi connectivity index (χ0v) is 14.5. The van der Waals surface area contributed by atoms with Gasteiger partial charge in [0.1, 0.15) is 0 Å². The summed E-state index contributed by atoms with van der Waals surface area (Å²) in [5.74, 6) is 0. The number of aromatic nitrogens is 3. The number of benzene rings is 1. The normalized spacial score (nSPS) is 14.6. The van der Waals surface area contributed by atoms with Gasteiger partial charge in [0.15, 0.2) is 5.69 Å². The Hall–Kier alpha value is -2.12. The van der Waals surface area contributed by atoms with Crippen molar-refractivity contribution in [3.05, 3.63) is 58.3 Å². The second kappa shape index (κ2) is 6.55. The third-order valence-electron chi connectivity index (χ3n) is 4.68. The van der Waals surface area contributed by atoms with E-state index in [1.807, 2.05) is 18.2 Å². The molecule has 4 rings (SSSR count). The second-order valence-electron chi connectivity index (χ2n) is 6.31. The van der Waals surface area contributed by atoms with Gasteiger partial charge in [-0.1, -0.05) is 11.6 Å². The number of alkyl halides is 3. The average Bonchev–Trinajstić information content (AvgIpc) is 2.93. The van der Waals surface area contributed by atoms with Crippen LogP contribution < -0.4 is 5.32 Å². The summed E-state index contributed by atoms with van der Waals surface area (Å²) in [5.41, 5.74) is 3.15. The summed E-state index contributed by atoms with van der Waals surface area (Å²) in [4.78, 5) is 7.41. The molecule has 3 aromatic rings. The molecule has 0 radical (unpaired) electrons. The molecule has 2 aromatic heterocycles. The minimum atomic E-state index is -4.46. The van der Waals surface area contributed by atoms with Crippen molar-refractivity contribution in [3.8, 4) is 0 Å². The lowest BCUT2D eigenvalue weighted by Crippen LogP contribution is -2.25. The SMILES string of the molecule is FC(F)(F)c1cnc(CCn2c3c(c4cc(Cl)ccc42)CNCC3)cn1. The molecule has 0 saturated heterocycles. The molecular weight excluding hydrogens is 365 g/mol. The summed E-state index contributed by atoms with van der Waals surface area (Å²) in [6, 6.07) is 5.82. The number of hydrogen-bond donors (Lipinski definition) is 1. The molecule has 1 aromatic carbocycles. The van der Waals surface area contributed by atoms with Crippen molar-refractivity contribution in [2.45, 2.75) is 32.1 Å². The number of halogens is 4. The molecule has 4 nitrogen and oxygen atoms in total. The molecule has 3 heterocycles. The standard InChI is InChI=1S/C18H16ClF3N4/c19-11-1-2-15-13(7-11)14-9-23-5-3-16(14)26(15)6-4-12-8-25-17(10-24-12)18(20,21)22/h1-2,7-8,10,23H,3-6,9H2. The Morgan fingerprint density at radius 1 is 1.19 bits per heavy atom. The van der Waals surface area contributed by atoms with Gasteiger partial charge < -0.3 is 9.88 Å². The molecule has 0 bridgehead atoms. The molecule has 1 N–H and O–H groups in total. The van der Waals surface area contributed by atoms with Gasteiger partial charge in [-0.25, -0.2) is 4.98 Å². The molecule has 0 aliphatic carbocycles. The number of rotatable bonds is 3. The van der Waals surface area contributed by atoms with Crippen LogP contribution in [0, 0.1) is 0 Å². The summed E-state index contributed by atoms with van der Waals surface area (Å²) in [7, 11) is 0. The molecule has 136 valence electrons. The Labute approximate surface area is 153 Å². The molecule has 0 fully saturated rings. The fourth-order valence-corrected chi connectivity index (χ4v) is 3.64. The molecule has 8 heteroatoms. The van der Waals surface area contributed by atoms with E-state index in [9.17, 15) is 13.2 Å². The first-order valence-corrected chi connectivity index (χ1v) is 8.69. The highest BCUT2D eigenvalue weighted by atomic mass is 35.5. The highest BCUT2D eigenvalue weighted by Crippen LogP contribution is 2.31. The number of aryl methyl sites for hydroxylation is 2. The van der Waals surface area contributed by atoms with E-state index in [1.54, 1.807) is 0 Å². The summed E-state index contributed by atoms with van der Waals surface area (Å²) in [5, 5.41) is 5.19. The van der Waals surface area contributed by atoms with Gasteiger partial charge in [0.2, 0.25) is 0 Å². The lowest BCUT2D eigenvalue weighted by molar-refractivity contribution is -0.141. The van der Waals surface area contributed by atoms with Gasteiger partial charge in [-0.3, -0.25) is 4.98 Å². The minimum absolute atomic E-state index is 0.511. The van der Waals surface area contributed by atoms with Crippen LogP contribution in [0.1, 0.15) is 22.6 Å². The van der Waals surface area contributed by atoms with Gasteiger partial charge >= 0.3 is 6.18 Å². The fourth-order valence-electron chi connectivity index (χ4n) is 3.46. The number of nitrogens with one attached hydrogen (secondary N) is 1. The van der Waals surface area contributed by atoms with Gasteiger partial charge in [-0.2, -0.15) is 13.2 Å². The first-order valence-electron chi connectivity index (χ1n) is 8.32. The first kappa shape index (κ1) is 17.3. The molecule has 0 atom stereocenters. The van der Waals surface area contributed by atoms with Crippen molar-refractivity contribution in [3.63, 3.8) is 0 Å². The van der Waals surface area contributed by atoms with Gasteiger partial charge in [0, 0.05) is 60.3 Å². The summed E-state index contributed by atoms with van der Waals surface area (Å²) in [6.07, 6.45) is -1.05. The highest BCUT2D eigenvalue weighted by Gasteiger charge is 2.32. The molecular formula is C18H16ClF3N4. The maximum Gasteiger partial charge on any atom is 0.434 e. The van der Waals surface area contributed by atoms with Crippen LogP contribution in [-0.2, 0) is 32.1 Å². The predicted octanol–water partition coefficient (Wildman–Crippen LogP) is 3.99. The Balaban J connectivity index is 1.63. The molecule has 1 aliphatic heterocycles. The summed E-state index contributed by atoms with van der Waals surface area (Å²) >= 11 is 6.16. The topological polar surface area (TPSA) is 42.7 Å². The van der Waals surface area contributed by atoms with Crippen molar-refractivity contribution >= 4 is 22.5 Å². The van der Waals surface area contributed by atoms with Gasteiger partial charge in [0.05, 0.1) is 11.9 Å². The Morgan fingerprint density at radius 2 is 2.04 bits per heavy atom. The van der Waals surface area contributed by atoms with Crippen LogP contribution in [-0.4, -0.2) is 21.1 Å². The third-order valence-corrected chi connectivity index (χ3v) is 4.91. The lowest BCUT2D eigenvalue weighted by Gasteiger charge is -2.17. The number of hydrogen-bond acceptors (Lipinski definition) is 3. The smallest absolute Gasteiger partial charge is 0.344 e. The molecule has 0 unspecified atom stereocenters. The van der Waals surface area contributed by atoms with Crippen LogP contribution in [0.3, 0.4) is 0 Å². The Bertz CT molecular complexity index is 948. The van der Waals surface area contributed by atoms with Crippen molar-refractivity contribution in [2.75, 3.05) is 6.54 Å².